The van der Waals surface area contributed by atoms with E-state index in [0.29, 0.717) is 35.3 Å². The van der Waals surface area contributed by atoms with E-state index in [0.717, 1.165) is 6.07 Å². The first-order valence-electron chi connectivity index (χ1n) is 10.3. The van der Waals surface area contributed by atoms with E-state index in [1.54, 1.807) is 30.5 Å². The number of anilines is 2. The molecule has 0 unspecified atom stereocenters. The zero-order valence-electron chi connectivity index (χ0n) is 17.7. The van der Waals surface area contributed by atoms with E-state index in [1.807, 2.05) is 0 Å². The number of nitrogens with zero attached hydrogens (tertiary/aromatic N) is 2. The second-order valence-electron chi connectivity index (χ2n) is 8.19. The van der Waals surface area contributed by atoms with Crippen molar-refractivity contribution in [3.8, 4) is 0 Å². The molecule has 33 heavy (non-hydrogen) atoms. The molecule has 6 nitrogen and oxygen atoms in total. The lowest BCUT2D eigenvalue weighted by Gasteiger charge is -2.16. The standard InChI is InChI=1S/C23H21F3N4O2S/c1-14-2-5-19(18(8-14)23(24,25)26)30-17-4-3-16(27-12-17)11-28-21(32)22(6-7-22)9-20(31)15-10-29-33-13-15/h2-5,8,10,12-13,30H,6-7,9,11H2,1H3,(H,28,32). The van der Waals surface area contributed by atoms with E-state index in [2.05, 4.69) is 20.0 Å². The van der Waals surface area contributed by atoms with E-state index in [9.17, 15) is 22.8 Å². The van der Waals surface area contributed by atoms with Crippen molar-refractivity contribution < 1.29 is 22.8 Å². The van der Waals surface area contributed by atoms with Crippen LogP contribution in [0, 0.1) is 12.3 Å². The number of benzene rings is 1. The van der Waals surface area contributed by atoms with Gasteiger partial charge >= 0.3 is 6.18 Å². The highest BCUT2D eigenvalue weighted by Crippen LogP contribution is 2.49. The minimum atomic E-state index is -4.48. The fourth-order valence-corrected chi connectivity index (χ4v) is 4.05. The van der Waals surface area contributed by atoms with Crippen LogP contribution in [0.15, 0.2) is 48.1 Å². The van der Waals surface area contributed by atoms with E-state index < -0.39 is 17.2 Å². The molecule has 0 aliphatic heterocycles. The molecule has 10 heteroatoms. The predicted molar refractivity (Wildman–Crippen MR) is 118 cm³/mol. The summed E-state index contributed by atoms with van der Waals surface area (Å²) in [6.07, 6.45) is -0.110. The van der Waals surface area contributed by atoms with Crippen molar-refractivity contribution in [3.05, 3.63) is 70.5 Å². The fourth-order valence-electron chi connectivity index (χ4n) is 3.51. The summed E-state index contributed by atoms with van der Waals surface area (Å²) in [5.41, 5.74) is 0.495. The quantitative estimate of drug-likeness (QED) is 0.434. The van der Waals surface area contributed by atoms with Crippen molar-refractivity contribution in [1.82, 2.24) is 14.7 Å². The van der Waals surface area contributed by atoms with Gasteiger partial charge in [-0.3, -0.25) is 14.6 Å². The maximum absolute atomic E-state index is 13.3. The van der Waals surface area contributed by atoms with Crippen LogP contribution in [-0.2, 0) is 17.5 Å². The molecule has 2 N–H and O–H groups in total. The maximum atomic E-state index is 13.3. The first-order chi connectivity index (χ1) is 15.7. The third kappa shape index (κ3) is 5.39. The second kappa shape index (κ2) is 8.93. The molecule has 0 saturated heterocycles. The third-order valence-electron chi connectivity index (χ3n) is 5.60. The number of aromatic nitrogens is 2. The van der Waals surface area contributed by atoms with Gasteiger partial charge in [0.2, 0.25) is 5.91 Å². The first kappa shape index (κ1) is 22.9. The highest BCUT2D eigenvalue weighted by Gasteiger charge is 2.51. The van der Waals surface area contributed by atoms with Crippen LogP contribution in [0.3, 0.4) is 0 Å². The van der Waals surface area contributed by atoms with Crippen molar-refractivity contribution in [1.29, 1.82) is 0 Å². The Morgan fingerprint density at radius 1 is 1.15 bits per heavy atom. The SMILES string of the molecule is Cc1ccc(Nc2ccc(CNC(=O)C3(CC(=O)c4cnsc4)CC3)nc2)c(C(F)(F)F)c1. The molecule has 0 radical (unpaired) electrons. The zero-order valence-corrected chi connectivity index (χ0v) is 18.5. The lowest BCUT2D eigenvalue weighted by Crippen LogP contribution is -2.33. The third-order valence-corrected chi connectivity index (χ3v) is 6.19. The number of rotatable bonds is 8. The minimum absolute atomic E-state index is 0.0582. The van der Waals surface area contributed by atoms with Crippen LogP contribution >= 0.6 is 11.5 Å². The van der Waals surface area contributed by atoms with Gasteiger partial charge in [0, 0.05) is 17.4 Å². The summed E-state index contributed by atoms with van der Waals surface area (Å²) in [7, 11) is 0. The fraction of sp³-hybridized carbons (Fsp3) is 0.304. The number of amides is 1. The van der Waals surface area contributed by atoms with Gasteiger partial charge in [-0.05, 0) is 55.6 Å². The highest BCUT2D eigenvalue weighted by atomic mass is 32.1. The van der Waals surface area contributed by atoms with Crippen LogP contribution in [0.25, 0.3) is 0 Å². The van der Waals surface area contributed by atoms with Gasteiger partial charge in [0.05, 0.1) is 47.0 Å². The summed E-state index contributed by atoms with van der Waals surface area (Å²) in [6, 6.07) is 7.31. The molecule has 0 spiro atoms. The minimum Gasteiger partial charge on any atom is -0.354 e. The number of hydrogen-bond donors (Lipinski definition) is 2. The molecule has 3 aromatic rings. The zero-order chi connectivity index (χ0) is 23.6. The van der Waals surface area contributed by atoms with Gasteiger partial charge in [0.15, 0.2) is 5.78 Å². The normalized spacial score (nSPS) is 14.5. The van der Waals surface area contributed by atoms with E-state index in [-0.39, 0.29) is 30.3 Å². The summed E-state index contributed by atoms with van der Waals surface area (Å²) < 4.78 is 43.9. The number of nitrogens with one attached hydrogen (secondary N) is 2. The number of hydrogen-bond acceptors (Lipinski definition) is 6. The molecule has 4 rings (SSSR count). The Morgan fingerprint density at radius 2 is 1.94 bits per heavy atom. The van der Waals surface area contributed by atoms with Crippen LogP contribution in [0.2, 0.25) is 0 Å². The van der Waals surface area contributed by atoms with Crippen molar-refractivity contribution in [2.75, 3.05) is 5.32 Å². The summed E-state index contributed by atoms with van der Waals surface area (Å²) in [4.78, 5) is 29.2. The molecule has 0 atom stereocenters. The van der Waals surface area contributed by atoms with E-state index >= 15 is 0 Å². The van der Waals surface area contributed by atoms with Crippen LogP contribution in [0.4, 0.5) is 24.5 Å². The molecule has 1 saturated carbocycles. The summed E-state index contributed by atoms with van der Waals surface area (Å²) in [6.45, 7) is 1.76. The summed E-state index contributed by atoms with van der Waals surface area (Å²) in [5.74, 6) is -0.295. The number of Topliss-reactive ketones (excluding diaryl/α,β-unsaturated/α-hetero) is 1. The van der Waals surface area contributed by atoms with E-state index in [1.165, 1.54) is 30.0 Å². The molecular weight excluding hydrogens is 453 g/mol. The Balaban J connectivity index is 1.35. The Kier molecular flexibility index (Phi) is 6.20. The van der Waals surface area contributed by atoms with Gasteiger partial charge in [-0.25, -0.2) is 4.37 Å². The van der Waals surface area contributed by atoms with Gasteiger partial charge in [0.1, 0.15) is 0 Å². The largest absolute Gasteiger partial charge is 0.418 e. The molecular formula is C23H21F3N4O2S. The van der Waals surface area contributed by atoms with Gasteiger partial charge in [-0.2, -0.15) is 13.2 Å². The lowest BCUT2D eigenvalue weighted by molar-refractivity contribution is -0.137. The Bertz CT molecular complexity index is 1160. The lowest BCUT2D eigenvalue weighted by atomic mass is 9.96. The van der Waals surface area contributed by atoms with Crippen LogP contribution in [-0.4, -0.2) is 21.0 Å². The van der Waals surface area contributed by atoms with Gasteiger partial charge in [-0.15, -0.1) is 0 Å². The first-order valence-corrected chi connectivity index (χ1v) is 11.1. The number of alkyl halides is 3. The molecule has 1 fully saturated rings. The summed E-state index contributed by atoms with van der Waals surface area (Å²) >= 11 is 1.19. The number of halogens is 3. The maximum Gasteiger partial charge on any atom is 0.418 e. The topological polar surface area (TPSA) is 84.0 Å². The van der Waals surface area contributed by atoms with Crippen molar-refractivity contribution in [2.45, 2.75) is 38.9 Å². The van der Waals surface area contributed by atoms with E-state index in [4.69, 9.17) is 0 Å². The molecule has 172 valence electrons. The molecule has 2 aromatic heterocycles. The number of ketones is 1. The predicted octanol–water partition coefficient (Wildman–Crippen LogP) is 5.28. The number of pyridine rings is 1. The number of carbonyl (C=O) groups is 2. The molecule has 1 aliphatic rings. The molecule has 2 heterocycles. The number of carbonyl (C=O) groups excluding carboxylic acids is 2. The average Bonchev–Trinajstić information content (AvgIpc) is 3.33. The van der Waals surface area contributed by atoms with Gasteiger partial charge < -0.3 is 10.6 Å². The monoisotopic (exact) mass is 474 g/mol. The van der Waals surface area contributed by atoms with Crippen molar-refractivity contribution >= 4 is 34.6 Å². The van der Waals surface area contributed by atoms with Crippen LogP contribution < -0.4 is 10.6 Å². The van der Waals surface area contributed by atoms with Crippen LogP contribution in [0.1, 0.15) is 46.4 Å². The van der Waals surface area contributed by atoms with Crippen LogP contribution in [0.5, 0.6) is 0 Å². The number of aryl methyl sites for hydroxylation is 1. The summed E-state index contributed by atoms with van der Waals surface area (Å²) in [5, 5.41) is 7.25. The van der Waals surface area contributed by atoms with Gasteiger partial charge in [-0.1, -0.05) is 11.6 Å². The van der Waals surface area contributed by atoms with Gasteiger partial charge in [0.25, 0.3) is 0 Å². The highest BCUT2D eigenvalue weighted by molar-refractivity contribution is 7.03. The van der Waals surface area contributed by atoms with Crippen molar-refractivity contribution in [3.63, 3.8) is 0 Å². The molecule has 1 aliphatic carbocycles. The Labute approximate surface area is 192 Å². The molecule has 1 aromatic carbocycles. The molecule has 1 amide bonds. The second-order valence-corrected chi connectivity index (χ2v) is 8.84. The Hall–Kier alpha value is -3.27. The smallest absolute Gasteiger partial charge is 0.354 e. The molecule has 0 bridgehead atoms. The van der Waals surface area contributed by atoms with Crippen molar-refractivity contribution in [2.24, 2.45) is 5.41 Å². The Morgan fingerprint density at radius 3 is 2.55 bits per heavy atom. The average molecular weight is 475 g/mol.